The summed E-state index contributed by atoms with van der Waals surface area (Å²) in [5.74, 6) is 0. The highest BCUT2D eigenvalue weighted by Gasteiger charge is 2.17. The summed E-state index contributed by atoms with van der Waals surface area (Å²) in [4.78, 5) is 0. The number of halogens is 1. The third-order valence-electron chi connectivity index (χ3n) is 4.24. The van der Waals surface area contributed by atoms with E-state index in [4.69, 9.17) is 0 Å². The fourth-order valence-electron chi connectivity index (χ4n) is 2.91. The second-order valence-electron chi connectivity index (χ2n) is 6.09. The van der Waals surface area contributed by atoms with E-state index in [0.717, 1.165) is 10.0 Å². The van der Waals surface area contributed by atoms with Gasteiger partial charge in [0.25, 0.3) is 0 Å². The molecule has 0 saturated heterocycles. The highest BCUT2D eigenvalue weighted by atomic mass is 79.9. The Morgan fingerprint density at radius 3 is 1.73 bits per heavy atom. The molecule has 26 heavy (non-hydrogen) atoms. The predicted octanol–water partition coefficient (Wildman–Crippen LogP) is 5.16. The molecule has 132 valence electrons. The summed E-state index contributed by atoms with van der Waals surface area (Å²) >= 11 is 3.64. The van der Waals surface area contributed by atoms with Crippen molar-refractivity contribution in [3.05, 3.63) is 114 Å². The van der Waals surface area contributed by atoms with Gasteiger partial charge in [-0.05, 0) is 16.7 Å². The van der Waals surface area contributed by atoms with Gasteiger partial charge >= 0.3 is 0 Å². The first kappa shape index (κ1) is 18.6. The molecule has 0 bridgehead atoms. The highest BCUT2D eigenvalue weighted by Crippen LogP contribution is 2.25. The maximum Gasteiger partial charge on any atom is 0.0621 e. The molecule has 0 spiro atoms. The van der Waals surface area contributed by atoms with Crippen molar-refractivity contribution in [2.75, 3.05) is 6.61 Å². The normalized spacial score (nSPS) is 13.0. The van der Waals surface area contributed by atoms with Gasteiger partial charge in [0.15, 0.2) is 0 Å². The Kier molecular flexibility index (Phi) is 6.78. The van der Waals surface area contributed by atoms with Crippen molar-refractivity contribution in [2.24, 2.45) is 0 Å². The van der Waals surface area contributed by atoms with E-state index in [9.17, 15) is 5.11 Å². The average Bonchev–Trinajstić information content (AvgIpc) is 2.73. The average molecular weight is 408 g/mol. The van der Waals surface area contributed by atoms with Gasteiger partial charge in [-0.2, -0.15) is 0 Å². The number of rotatable bonds is 7. The van der Waals surface area contributed by atoms with Crippen molar-refractivity contribution in [3.8, 4) is 0 Å². The molecule has 0 amide bonds. The van der Waals surface area contributed by atoms with E-state index in [1.807, 2.05) is 72.8 Å². The maximum absolute atomic E-state index is 9.94. The molecule has 3 aromatic rings. The number of aliphatic hydroxyl groups is 1. The number of hydrogen-bond donors (Lipinski definition) is 2. The fourth-order valence-corrected chi connectivity index (χ4v) is 3.50. The van der Waals surface area contributed by atoms with Gasteiger partial charge in [0, 0.05) is 4.48 Å². The van der Waals surface area contributed by atoms with Gasteiger partial charge in [0.1, 0.15) is 0 Å². The summed E-state index contributed by atoms with van der Waals surface area (Å²) in [6.45, 7) is 0.0120. The van der Waals surface area contributed by atoms with Crippen LogP contribution in [0.5, 0.6) is 0 Å². The summed E-state index contributed by atoms with van der Waals surface area (Å²) < 4.78 is 0.963. The van der Waals surface area contributed by atoms with E-state index in [2.05, 4.69) is 45.5 Å². The van der Waals surface area contributed by atoms with Crippen LogP contribution in [-0.4, -0.2) is 17.8 Å². The zero-order valence-electron chi connectivity index (χ0n) is 14.4. The zero-order chi connectivity index (χ0) is 18.2. The second-order valence-corrected chi connectivity index (χ2v) is 6.95. The molecule has 3 aromatic carbocycles. The van der Waals surface area contributed by atoms with Gasteiger partial charge in [-0.25, -0.2) is 0 Å². The minimum Gasteiger partial charge on any atom is -0.394 e. The third-order valence-corrected chi connectivity index (χ3v) is 4.96. The monoisotopic (exact) mass is 407 g/mol. The van der Waals surface area contributed by atoms with E-state index in [-0.39, 0.29) is 18.7 Å². The van der Waals surface area contributed by atoms with Crippen molar-refractivity contribution in [3.63, 3.8) is 0 Å². The lowest BCUT2D eigenvalue weighted by atomic mass is 9.97. The Morgan fingerprint density at radius 2 is 1.27 bits per heavy atom. The zero-order valence-corrected chi connectivity index (χ0v) is 16.0. The molecular weight excluding hydrogens is 386 g/mol. The smallest absolute Gasteiger partial charge is 0.0621 e. The Hall–Kier alpha value is -2.20. The molecule has 0 aliphatic heterocycles. The summed E-state index contributed by atoms with van der Waals surface area (Å²) in [5.41, 5.74) is 3.42. The van der Waals surface area contributed by atoms with Crippen LogP contribution in [0.15, 0.2) is 97.1 Å². The largest absolute Gasteiger partial charge is 0.394 e. The standard InChI is InChI=1S/C23H22BrNO/c24-22(18-10-4-1-5-11-18)16-21(17-26)25-23(19-12-6-2-7-13-19)20-14-8-3-9-15-20/h1-16,21,23,25-26H,17H2/b22-16-. The van der Waals surface area contributed by atoms with Gasteiger partial charge in [-0.15, -0.1) is 0 Å². The van der Waals surface area contributed by atoms with Crippen LogP contribution in [-0.2, 0) is 0 Å². The van der Waals surface area contributed by atoms with Gasteiger partial charge in [0.05, 0.1) is 18.7 Å². The summed E-state index contributed by atoms with van der Waals surface area (Å²) in [7, 11) is 0. The molecule has 0 heterocycles. The van der Waals surface area contributed by atoms with Crippen molar-refractivity contribution in [1.29, 1.82) is 0 Å². The number of benzene rings is 3. The van der Waals surface area contributed by atoms with E-state index in [1.54, 1.807) is 0 Å². The van der Waals surface area contributed by atoms with E-state index in [0.29, 0.717) is 0 Å². The molecule has 0 aliphatic carbocycles. The fraction of sp³-hybridized carbons (Fsp3) is 0.130. The van der Waals surface area contributed by atoms with Crippen LogP contribution >= 0.6 is 15.9 Å². The third kappa shape index (κ3) is 4.92. The Balaban J connectivity index is 1.87. The SMILES string of the molecule is OCC(/C=C(\Br)c1ccccc1)NC(c1ccccc1)c1ccccc1. The van der Waals surface area contributed by atoms with Crippen molar-refractivity contribution in [2.45, 2.75) is 12.1 Å². The lowest BCUT2D eigenvalue weighted by Gasteiger charge is -2.24. The van der Waals surface area contributed by atoms with Crippen LogP contribution in [0.25, 0.3) is 4.48 Å². The molecule has 3 rings (SSSR count). The summed E-state index contributed by atoms with van der Waals surface area (Å²) in [6.07, 6.45) is 2.02. The van der Waals surface area contributed by atoms with Crippen molar-refractivity contribution >= 4 is 20.4 Å². The summed E-state index contributed by atoms with van der Waals surface area (Å²) in [6, 6.07) is 30.5. The van der Waals surface area contributed by atoms with Crippen LogP contribution < -0.4 is 5.32 Å². The molecule has 0 radical (unpaired) electrons. The number of hydrogen-bond acceptors (Lipinski definition) is 2. The topological polar surface area (TPSA) is 32.3 Å². The molecule has 0 aliphatic rings. The van der Waals surface area contributed by atoms with Crippen LogP contribution in [0, 0.1) is 0 Å². The Bertz CT molecular complexity index is 779. The molecule has 0 fully saturated rings. The van der Waals surface area contributed by atoms with E-state index in [1.165, 1.54) is 11.1 Å². The van der Waals surface area contributed by atoms with Gasteiger partial charge in [0.2, 0.25) is 0 Å². The molecule has 0 aromatic heterocycles. The predicted molar refractivity (Wildman–Crippen MR) is 112 cm³/mol. The van der Waals surface area contributed by atoms with E-state index >= 15 is 0 Å². The number of aliphatic hydroxyl groups excluding tert-OH is 1. The van der Waals surface area contributed by atoms with Crippen LogP contribution in [0.2, 0.25) is 0 Å². The lowest BCUT2D eigenvalue weighted by Crippen LogP contribution is -2.35. The minimum atomic E-state index is -0.185. The van der Waals surface area contributed by atoms with Crippen LogP contribution in [0.3, 0.4) is 0 Å². The van der Waals surface area contributed by atoms with Crippen LogP contribution in [0.1, 0.15) is 22.7 Å². The molecule has 2 nitrogen and oxygen atoms in total. The highest BCUT2D eigenvalue weighted by molar-refractivity contribution is 9.15. The van der Waals surface area contributed by atoms with Crippen molar-refractivity contribution in [1.82, 2.24) is 5.32 Å². The molecular formula is C23H22BrNO. The minimum absolute atomic E-state index is 0.00173. The Morgan fingerprint density at radius 1 is 0.808 bits per heavy atom. The molecule has 1 unspecified atom stereocenters. The Labute approximate surface area is 163 Å². The lowest BCUT2D eigenvalue weighted by molar-refractivity contribution is 0.259. The maximum atomic E-state index is 9.94. The first-order valence-electron chi connectivity index (χ1n) is 8.67. The number of nitrogens with one attached hydrogen (secondary N) is 1. The molecule has 0 saturated carbocycles. The van der Waals surface area contributed by atoms with Crippen molar-refractivity contribution < 1.29 is 5.11 Å². The summed E-state index contributed by atoms with van der Waals surface area (Å²) in [5, 5.41) is 13.5. The van der Waals surface area contributed by atoms with Gasteiger partial charge in [-0.3, -0.25) is 5.32 Å². The first-order chi connectivity index (χ1) is 12.8. The van der Waals surface area contributed by atoms with E-state index < -0.39 is 0 Å². The molecule has 2 N–H and O–H groups in total. The molecule has 1 atom stereocenters. The van der Waals surface area contributed by atoms with Gasteiger partial charge < -0.3 is 5.11 Å². The van der Waals surface area contributed by atoms with Crippen LogP contribution in [0.4, 0.5) is 0 Å². The molecule has 3 heteroatoms. The quantitative estimate of drug-likeness (QED) is 0.566. The second kappa shape index (κ2) is 9.48. The first-order valence-corrected chi connectivity index (χ1v) is 9.47. The van der Waals surface area contributed by atoms with Gasteiger partial charge in [-0.1, -0.05) is 113 Å².